The minimum atomic E-state index is -0.198. The zero-order chi connectivity index (χ0) is 26.2. The molecule has 3 heterocycles. The zero-order valence-corrected chi connectivity index (χ0v) is 23.7. The van der Waals surface area contributed by atoms with Gasteiger partial charge in [0.05, 0.1) is 22.4 Å². The minimum Gasteiger partial charge on any atom is -0.316 e. The van der Waals surface area contributed by atoms with Crippen LogP contribution in [0.4, 0.5) is 5.00 Å². The molecule has 9 heteroatoms. The van der Waals surface area contributed by atoms with Crippen molar-refractivity contribution in [1.29, 1.82) is 5.26 Å². The number of rotatable bonds is 5. The van der Waals surface area contributed by atoms with Crippen LogP contribution in [0.3, 0.4) is 0 Å². The molecule has 0 radical (unpaired) electrons. The number of benzene rings is 1. The van der Waals surface area contributed by atoms with Crippen molar-refractivity contribution in [2.24, 2.45) is 5.92 Å². The first-order valence-electron chi connectivity index (χ1n) is 13.1. The van der Waals surface area contributed by atoms with Gasteiger partial charge in [-0.15, -0.1) is 22.7 Å². The number of aryl methyl sites for hydroxylation is 2. The first kappa shape index (κ1) is 25.4. The SMILES string of the molecule is C[C@H]1CCc2c(sc3nc(SCC(=O)Nc4sc5c(c4C#N)CCCCC5)n(-c4ccccc4)c(=O)c23)C1. The number of anilines is 1. The van der Waals surface area contributed by atoms with Crippen molar-refractivity contribution in [3.63, 3.8) is 0 Å². The summed E-state index contributed by atoms with van der Waals surface area (Å²) in [4.78, 5) is 35.2. The van der Waals surface area contributed by atoms with Crippen molar-refractivity contribution in [1.82, 2.24) is 9.55 Å². The fraction of sp³-hybridized carbons (Fsp3) is 0.379. The molecule has 1 aromatic carbocycles. The van der Waals surface area contributed by atoms with Crippen LogP contribution in [0.25, 0.3) is 15.9 Å². The largest absolute Gasteiger partial charge is 0.316 e. The molecule has 0 saturated heterocycles. The molecule has 6 rings (SSSR count). The highest BCUT2D eigenvalue weighted by atomic mass is 32.2. The summed E-state index contributed by atoms with van der Waals surface area (Å²) in [5.74, 6) is 0.506. The number of nitriles is 1. The highest BCUT2D eigenvalue weighted by Crippen LogP contribution is 2.38. The first-order valence-corrected chi connectivity index (χ1v) is 15.8. The van der Waals surface area contributed by atoms with Gasteiger partial charge in [-0.25, -0.2) is 4.98 Å². The number of carbonyl (C=O) groups is 1. The number of amides is 1. The predicted octanol–water partition coefficient (Wildman–Crippen LogP) is 6.50. The molecule has 1 amide bonds. The van der Waals surface area contributed by atoms with Gasteiger partial charge in [0, 0.05) is 9.75 Å². The summed E-state index contributed by atoms with van der Waals surface area (Å²) in [6, 6.07) is 11.9. The van der Waals surface area contributed by atoms with Crippen molar-refractivity contribution in [2.45, 2.75) is 63.4 Å². The number of aromatic nitrogens is 2. The van der Waals surface area contributed by atoms with Gasteiger partial charge >= 0.3 is 0 Å². The molecule has 3 aromatic heterocycles. The predicted molar refractivity (Wildman–Crippen MR) is 156 cm³/mol. The van der Waals surface area contributed by atoms with Gasteiger partial charge in [0.25, 0.3) is 5.56 Å². The van der Waals surface area contributed by atoms with E-state index in [0.717, 1.165) is 72.0 Å². The second-order valence-corrected chi connectivity index (χ2v) is 13.3. The molecule has 2 aliphatic carbocycles. The number of carbonyl (C=O) groups excluding carboxylic acids is 1. The summed E-state index contributed by atoms with van der Waals surface area (Å²) < 4.78 is 1.65. The number of nitrogens with zero attached hydrogens (tertiary/aromatic N) is 3. The number of fused-ring (bicyclic) bond motifs is 4. The van der Waals surface area contributed by atoms with E-state index in [1.54, 1.807) is 15.9 Å². The van der Waals surface area contributed by atoms with E-state index in [1.807, 2.05) is 30.3 Å². The summed E-state index contributed by atoms with van der Waals surface area (Å²) >= 11 is 4.42. The summed E-state index contributed by atoms with van der Waals surface area (Å²) in [7, 11) is 0. The first-order chi connectivity index (χ1) is 18.5. The third-order valence-corrected chi connectivity index (χ3v) is 10.7. The monoisotopic (exact) mass is 560 g/mol. The van der Waals surface area contributed by atoms with E-state index in [4.69, 9.17) is 4.98 Å². The van der Waals surface area contributed by atoms with Gasteiger partial charge in [0.15, 0.2) is 5.16 Å². The standard InChI is InChI=1S/C29H28N4O2S3/c1-17-12-13-20-23(14-17)38-27-25(20)28(35)33(18-8-4-2-5-9-18)29(32-27)36-16-24(34)31-26-21(15-30)19-10-6-3-7-11-22(19)37-26/h2,4-5,8-9,17H,3,6-7,10-14,16H2,1H3,(H,31,34)/t17-/m0/s1. The van der Waals surface area contributed by atoms with Gasteiger partial charge in [-0.2, -0.15) is 5.26 Å². The molecule has 1 N–H and O–H groups in total. The average Bonchev–Trinajstić information content (AvgIpc) is 3.34. The van der Waals surface area contributed by atoms with Crippen LogP contribution >= 0.6 is 34.4 Å². The van der Waals surface area contributed by atoms with E-state index in [1.165, 1.54) is 39.3 Å². The fourth-order valence-electron chi connectivity index (χ4n) is 5.51. The molecule has 194 valence electrons. The van der Waals surface area contributed by atoms with Gasteiger partial charge in [-0.1, -0.05) is 43.3 Å². The molecule has 0 saturated carbocycles. The van der Waals surface area contributed by atoms with Gasteiger partial charge in [0.1, 0.15) is 15.9 Å². The van der Waals surface area contributed by atoms with Crippen LogP contribution in [-0.2, 0) is 30.5 Å². The fourth-order valence-corrected chi connectivity index (χ4v) is 9.01. The zero-order valence-electron chi connectivity index (χ0n) is 21.2. The van der Waals surface area contributed by atoms with Crippen molar-refractivity contribution < 1.29 is 4.79 Å². The molecule has 4 aromatic rings. The molecule has 0 unspecified atom stereocenters. The highest BCUT2D eigenvalue weighted by Gasteiger charge is 2.26. The molecule has 0 bridgehead atoms. The van der Waals surface area contributed by atoms with Gasteiger partial charge in [-0.05, 0) is 74.1 Å². The number of hydrogen-bond acceptors (Lipinski definition) is 7. The third kappa shape index (κ3) is 4.70. The number of hydrogen-bond donors (Lipinski definition) is 1. The van der Waals surface area contributed by atoms with Crippen molar-refractivity contribution in [2.75, 3.05) is 11.1 Å². The van der Waals surface area contributed by atoms with Crippen molar-refractivity contribution in [3.05, 3.63) is 67.1 Å². The third-order valence-electron chi connectivity index (χ3n) is 7.43. The smallest absolute Gasteiger partial charge is 0.267 e. The molecule has 0 spiro atoms. The van der Waals surface area contributed by atoms with Crippen LogP contribution in [0, 0.1) is 17.2 Å². The maximum absolute atomic E-state index is 13.9. The molecular formula is C29H28N4O2S3. The maximum atomic E-state index is 13.9. The summed E-state index contributed by atoms with van der Waals surface area (Å²) in [5, 5.41) is 14.7. The Morgan fingerprint density at radius 3 is 2.76 bits per heavy atom. The Hall–Kier alpha value is -2.93. The van der Waals surface area contributed by atoms with Gasteiger partial charge in [-0.3, -0.25) is 14.2 Å². The van der Waals surface area contributed by atoms with E-state index in [9.17, 15) is 14.9 Å². The van der Waals surface area contributed by atoms with E-state index >= 15 is 0 Å². The molecule has 2 aliphatic rings. The number of thiophene rings is 2. The second-order valence-electron chi connectivity index (χ2n) is 10.1. The Morgan fingerprint density at radius 2 is 1.95 bits per heavy atom. The summed E-state index contributed by atoms with van der Waals surface area (Å²) in [6.07, 6.45) is 8.22. The van der Waals surface area contributed by atoms with Gasteiger partial charge in [0.2, 0.25) is 5.91 Å². The topological polar surface area (TPSA) is 87.8 Å². The van der Waals surface area contributed by atoms with Gasteiger partial charge < -0.3 is 5.32 Å². The summed E-state index contributed by atoms with van der Waals surface area (Å²) in [5.41, 5.74) is 3.56. The van der Waals surface area contributed by atoms with E-state index < -0.39 is 0 Å². The second kappa shape index (κ2) is 10.7. The molecule has 1 atom stereocenters. The van der Waals surface area contributed by atoms with Crippen LogP contribution in [0.15, 0.2) is 40.3 Å². The Balaban J connectivity index is 1.31. The normalized spacial score (nSPS) is 16.9. The minimum absolute atomic E-state index is 0.0649. The Kier molecular flexibility index (Phi) is 7.12. The van der Waals surface area contributed by atoms with Crippen LogP contribution < -0.4 is 10.9 Å². The Bertz CT molecular complexity index is 1630. The van der Waals surface area contributed by atoms with Crippen molar-refractivity contribution in [3.8, 4) is 11.8 Å². The lowest BCUT2D eigenvalue weighted by Crippen LogP contribution is -2.23. The van der Waals surface area contributed by atoms with Crippen molar-refractivity contribution >= 4 is 55.6 Å². The van der Waals surface area contributed by atoms with E-state index in [0.29, 0.717) is 21.6 Å². The number of nitrogens with one attached hydrogen (secondary N) is 1. The molecule has 0 fully saturated rings. The average molecular weight is 561 g/mol. The molecule has 38 heavy (non-hydrogen) atoms. The molecule has 0 aliphatic heterocycles. The molecular weight excluding hydrogens is 533 g/mol. The lowest BCUT2D eigenvalue weighted by atomic mass is 9.89. The lowest BCUT2D eigenvalue weighted by Gasteiger charge is -2.17. The van der Waals surface area contributed by atoms with E-state index in [2.05, 4.69) is 18.3 Å². The number of thioether (sulfide) groups is 1. The van der Waals surface area contributed by atoms with E-state index in [-0.39, 0.29) is 17.2 Å². The summed E-state index contributed by atoms with van der Waals surface area (Å²) in [6.45, 7) is 2.26. The highest BCUT2D eigenvalue weighted by molar-refractivity contribution is 7.99. The molecule has 6 nitrogen and oxygen atoms in total. The Labute approximate surface area is 233 Å². The number of para-hydroxylation sites is 1. The quantitative estimate of drug-likeness (QED) is 0.171. The van der Waals surface area contributed by atoms with Crippen LogP contribution in [0.2, 0.25) is 0 Å². The van der Waals surface area contributed by atoms with Crippen LogP contribution in [0.1, 0.15) is 59.1 Å². The lowest BCUT2D eigenvalue weighted by molar-refractivity contribution is -0.113. The maximum Gasteiger partial charge on any atom is 0.267 e. The van der Waals surface area contributed by atoms with Crippen LogP contribution in [-0.4, -0.2) is 21.2 Å². The van der Waals surface area contributed by atoms with Crippen LogP contribution in [0.5, 0.6) is 0 Å². The Morgan fingerprint density at radius 1 is 1.13 bits per heavy atom.